The minimum Gasteiger partial charge on any atom is -0.496 e. The number of rotatable bonds is 7. The molecule has 0 saturated carbocycles. The molecule has 0 radical (unpaired) electrons. The van der Waals surface area contributed by atoms with Crippen molar-refractivity contribution < 1.29 is 4.74 Å². The van der Waals surface area contributed by atoms with Crippen molar-refractivity contribution in [2.24, 2.45) is 0 Å². The zero-order valence-electron chi connectivity index (χ0n) is 20.6. The highest BCUT2D eigenvalue weighted by Crippen LogP contribution is 2.45. The minimum absolute atomic E-state index is 0.369. The van der Waals surface area contributed by atoms with E-state index in [0.717, 1.165) is 51.4 Å². The number of nitrogens with zero attached hydrogens (tertiary/aromatic N) is 3. The monoisotopic (exact) mass is 455 g/mol. The summed E-state index contributed by atoms with van der Waals surface area (Å²) in [6, 6.07) is 26.8. The molecular formula is C30H37N3O. The molecule has 3 aromatic rings. The van der Waals surface area contributed by atoms with Gasteiger partial charge >= 0.3 is 0 Å². The van der Waals surface area contributed by atoms with E-state index < -0.39 is 0 Å². The Morgan fingerprint density at radius 1 is 0.824 bits per heavy atom. The molecule has 1 atom stereocenters. The summed E-state index contributed by atoms with van der Waals surface area (Å²) < 4.78 is 5.89. The van der Waals surface area contributed by atoms with E-state index in [2.05, 4.69) is 94.5 Å². The fraction of sp³-hybridized carbons (Fsp3) is 0.400. The van der Waals surface area contributed by atoms with Crippen molar-refractivity contribution in [3.05, 3.63) is 95.1 Å². The van der Waals surface area contributed by atoms with Crippen LogP contribution >= 0.6 is 0 Å². The summed E-state index contributed by atoms with van der Waals surface area (Å²) in [4.78, 5) is 7.74. The first kappa shape index (κ1) is 22.9. The summed E-state index contributed by atoms with van der Waals surface area (Å²) in [5, 5.41) is 0. The Morgan fingerprint density at radius 2 is 1.44 bits per heavy atom. The first-order chi connectivity index (χ1) is 16.7. The maximum absolute atomic E-state index is 5.89. The van der Waals surface area contributed by atoms with Gasteiger partial charge in [0.2, 0.25) is 0 Å². The summed E-state index contributed by atoms with van der Waals surface area (Å²) in [6.45, 7) is 6.28. The van der Waals surface area contributed by atoms with Gasteiger partial charge in [-0.2, -0.15) is 0 Å². The number of hydrogen-bond donors (Lipinski definition) is 0. The van der Waals surface area contributed by atoms with Gasteiger partial charge in [0.15, 0.2) is 0 Å². The van der Waals surface area contributed by atoms with Gasteiger partial charge in [0.05, 0.1) is 7.11 Å². The highest BCUT2D eigenvalue weighted by molar-refractivity contribution is 5.63. The van der Waals surface area contributed by atoms with Crippen molar-refractivity contribution >= 4 is 5.69 Å². The number of fused-ring (bicyclic) bond motifs is 1. The summed E-state index contributed by atoms with van der Waals surface area (Å²) in [5.74, 6) is 1.05. The lowest BCUT2D eigenvalue weighted by Crippen LogP contribution is -2.45. The normalized spacial score (nSPS) is 18.7. The third-order valence-electron chi connectivity index (χ3n) is 7.49. The molecule has 3 aromatic carbocycles. The number of likely N-dealkylation sites (N-methyl/N-ethyl adjacent to an activating group) is 1. The number of benzene rings is 3. The Morgan fingerprint density at radius 3 is 2.03 bits per heavy atom. The lowest BCUT2D eigenvalue weighted by atomic mass is 9.84. The van der Waals surface area contributed by atoms with Crippen LogP contribution < -0.4 is 9.64 Å². The van der Waals surface area contributed by atoms with E-state index in [9.17, 15) is 0 Å². The second-order valence-electron chi connectivity index (χ2n) is 9.75. The van der Waals surface area contributed by atoms with Crippen LogP contribution in [0.25, 0.3) is 0 Å². The number of piperazine rings is 1. The van der Waals surface area contributed by atoms with Crippen molar-refractivity contribution in [1.82, 2.24) is 9.80 Å². The molecule has 1 fully saturated rings. The zero-order valence-corrected chi connectivity index (χ0v) is 20.6. The van der Waals surface area contributed by atoms with Crippen LogP contribution in [-0.4, -0.2) is 50.1 Å². The first-order valence-corrected chi connectivity index (χ1v) is 12.7. The van der Waals surface area contributed by atoms with Gasteiger partial charge in [-0.15, -0.1) is 0 Å². The highest BCUT2D eigenvalue weighted by atomic mass is 16.5. The second-order valence-corrected chi connectivity index (χ2v) is 9.75. The van der Waals surface area contributed by atoms with Gasteiger partial charge < -0.3 is 14.5 Å². The van der Waals surface area contributed by atoms with E-state index >= 15 is 0 Å². The molecule has 1 aliphatic carbocycles. The maximum Gasteiger partial charge on any atom is 0.122 e. The molecule has 0 spiro atoms. The van der Waals surface area contributed by atoms with Crippen LogP contribution in [0.3, 0.4) is 0 Å². The second kappa shape index (κ2) is 10.6. The molecule has 4 heteroatoms. The van der Waals surface area contributed by atoms with Crippen molar-refractivity contribution in [2.45, 2.75) is 38.4 Å². The summed E-state index contributed by atoms with van der Waals surface area (Å²) >= 11 is 0. The summed E-state index contributed by atoms with van der Waals surface area (Å²) in [5.41, 5.74) is 7.08. The number of ether oxygens (including phenoxy) is 1. The lowest BCUT2D eigenvalue weighted by molar-refractivity contribution is 0.160. The van der Waals surface area contributed by atoms with Gasteiger partial charge in [-0.3, -0.25) is 4.90 Å². The molecule has 5 rings (SSSR count). The topological polar surface area (TPSA) is 19.0 Å². The molecule has 0 aromatic heterocycles. The molecular weight excluding hydrogens is 418 g/mol. The van der Waals surface area contributed by atoms with Crippen LogP contribution in [0.2, 0.25) is 0 Å². The SMILES string of the molecule is COc1ccc(N2CCN(C)CC2)c2c1CCCC2N(Cc1ccccc1)Cc1ccccc1. The van der Waals surface area contributed by atoms with Gasteiger partial charge in [0, 0.05) is 56.6 Å². The first-order valence-electron chi connectivity index (χ1n) is 12.7. The highest BCUT2D eigenvalue weighted by Gasteiger charge is 2.32. The van der Waals surface area contributed by atoms with E-state index in [1.807, 2.05) is 7.11 Å². The molecule has 178 valence electrons. The Bertz CT molecular complexity index is 1020. The van der Waals surface area contributed by atoms with Crippen LogP contribution in [0, 0.1) is 0 Å². The van der Waals surface area contributed by atoms with Gasteiger partial charge in [-0.05, 0) is 55.1 Å². The average molecular weight is 456 g/mol. The quantitative estimate of drug-likeness (QED) is 0.466. The van der Waals surface area contributed by atoms with E-state index in [1.165, 1.54) is 40.8 Å². The molecule has 0 bridgehead atoms. The van der Waals surface area contributed by atoms with Crippen LogP contribution in [-0.2, 0) is 19.5 Å². The van der Waals surface area contributed by atoms with E-state index in [4.69, 9.17) is 4.74 Å². The average Bonchev–Trinajstić information content (AvgIpc) is 2.89. The Labute approximate surface area is 204 Å². The molecule has 34 heavy (non-hydrogen) atoms. The maximum atomic E-state index is 5.89. The van der Waals surface area contributed by atoms with Crippen LogP contribution in [0.15, 0.2) is 72.8 Å². The van der Waals surface area contributed by atoms with Gasteiger partial charge in [-0.25, -0.2) is 0 Å². The van der Waals surface area contributed by atoms with Gasteiger partial charge in [0.25, 0.3) is 0 Å². The third-order valence-corrected chi connectivity index (χ3v) is 7.49. The Hall–Kier alpha value is -2.82. The summed E-state index contributed by atoms with van der Waals surface area (Å²) in [6.07, 6.45) is 3.47. The molecule has 1 saturated heterocycles. The standard InChI is InChI=1S/C30H37N3O/c1-31-18-20-32(21-19-31)28-16-17-29(34-2)26-14-9-15-27(30(26)28)33(22-24-10-5-3-6-11-24)23-25-12-7-4-8-13-25/h3-8,10-13,16-17,27H,9,14-15,18-23H2,1-2H3. The molecule has 0 N–H and O–H groups in total. The van der Waals surface area contributed by atoms with E-state index in [0.29, 0.717) is 6.04 Å². The van der Waals surface area contributed by atoms with E-state index in [1.54, 1.807) is 0 Å². The predicted molar refractivity (Wildman–Crippen MR) is 141 cm³/mol. The third kappa shape index (κ3) is 4.98. The van der Waals surface area contributed by atoms with Gasteiger partial charge in [0.1, 0.15) is 5.75 Å². The fourth-order valence-electron chi connectivity index (χ4n) is 5.67. The molecule has 0 amide bonds. The molecule has 1 unspecified atom stereocenters. The van der Waals surface area contributed by atoms with Crippen LogP contribution in [0.5, 0.6) is 5.75 Å². The number of anilines is 1. The Kier molecular flexibility index (Phi) is 7.17. The van der Waals surface area contributed by atoms with Crippen molar-refractivity contribution in [1.29, 1.82) is 0 Å². The largest absolute Gasteiger partial charge is 0.496 e. The number of hydrogen-bond acceptors (Lipinski definition) is 4. The minimum atomic E-state index is 0.369. The molecule has 4 nitrogen and oxygen atoms in total. The molecule has 1 aliphatic heterocycles. The van der Waals surface area contributed by atoms with Crippen molar-refractivity contribution in [2.75, 3.05) is 45.2 Å². The number of methoxy groups -OCH3 is 1. The molecule has 1 heterocycles. The fourth-order valence-corrected chi connectivity index (χ4v) is 5.67. The van der Waals surface area contributed by atoms with Crippen LogP contribution in [0.1, 0.15) is 41.1 Å². The summed E-state index contributed by atoms with van der Waals surface area (Å²) in [7, 11) is 4.05. The van der Waals surface area contributed by atoms with E-state index in [-0.39, 0.29) is 0 Å². The van der Waals surface area contributed by atoms with Crippen LogP contribution in [0.4, 0.5) is 5.69 Å². The lowest BCUT2D eigenvalue weighted by Gasteiger charge is -2.41. The van der Waals surface area contributed by atoms with Crippen molar-refractivity contribution in [3.63, 3.8) is 0 Å². The Balaban J connectivity index is 1.56. The predicted octanol–water partition coefficient (Wildman–Crippen LogP) is 5.53. The van der Waals surface area contributed by atoms with Gasteiger partial charge in [-0.1, -0.05) is 60.7 Å². The molecule has 2 aliphatic rings. The van der Waals surface area contributed by atoms with Crippen molar-refractivity contribution in [3.8, 4) is 5.75 Å². The zero-order chi connectivity index (χ0) is 23.3. The smallest absolute Gasteiger partial charge is 0.122 e.